The molecule has 0 fully saturated rings. The van der Waals surface area contributed by atoms with Gasteiger partial charge in [0.25, 0.3) is 0 Å². The molecule has 1 atom stereocenters. The molecule has 0 spiro atoms. The largest absolute Gasteiger partial charge is 0.457 e. The first-order chi connectivity index (χ1) is 14.3. The summed E-state index contributed by atoms with van der Waals surface area (Å²) in [5.41, 5.74) is 6.89. The van der Waals surface area contributed by atoms with E-state index in [1.54, 1.807) is 0 Å². The van der Waals surface area contributed by atoms with Gasteiger partial charge in [0.1, 0.15) is 0 Å². The highest BCUT2D eigenvalue weighted by Crippen LogP contribution is 2.24. The number of carbonyl (C=O) groups excluding carboxylic acids is 2. The Bertz CT molecular complexity index is 1040. The fraction of sp³-hybridized carbons (Fsp3) is 0.308. The zero-order valence-electron chi connectivity index (χ0n) is 18.4. The lowest BCUT2D eigenvalue weighted by molar-refractivity contribution is -0.142. The Morgan fingerprint density at radius 1 is 0.933 bits per heavy atom. The van der Waals surface area contributed by atoms with E-state index in [-0.39, 0.29) is 30.7 Å². The van der Waals surface area contributed by atoms with Gasteiger partial charge in [-0.1, -0.05) is 43.3 Å². The summed E-state index contributed by atoms with van der Waals surface area (Å²) in [6, 6.07) is 18.0. The van der Waals surface area contributed by atoms with Crippen LogP contribution in [0.4, 0.5) is 0 Å². The molecule has 1 aromatic heterocycles. The van der Waals surface area contributed by atoms with Crippen LogP contribution >= 0.6 is 0 Å². The van der Waals surface area contributed by atoms with E-state index in [2.05, 4.69) is 36.6 Å². The average molecular weight is 404 g/mol. The lowest BCUT2D eigenvalue weighted by atomic mass is 9.98. The molecule has 156 valence electrons. The minimum atomic E-state index is -0.359. The number of esters is 1. The van der Waals surface area contributed by atoms with Gasteiger partial charge >= 0.3 is 5.97 Å². The van der Waals surface area contributed by atoms with Crippen LogP contribution in [0.3, 0.4) is 0 Å². The molecule has 3 rings (SSSR count). The SMILES string of the molecule is Cc1cc(C)cc(-n2c(C)cc(C(=O)COC(=O)C[C@H](C)c3ccccc3)c2C)c1. The number of ether oxygens (including phenoxy) is 1. The Morgan fingerprint density at radius 2 is 1.57 bits per heavy atom. The van der Waals surface area contributed by atoms with Crippen molar-refractivity contribution in [2.24, 2.45) is 0 Å². The van der Waals surface area contributed by atoms with E-state index in [4.69, 9.17) is 4.74 Å². The van der Waals surface area contributed by atoms with Crippen LogP contribution in [-0.4, -0.2) is 22.9 Å². The molecule has 30 heavy (non-hydrogen) atoms. The summed E-state index contributed by atoms with van der Waals surface area (Å²) in [5.74, 6) is -0.495. The van der Waals surface area contributed by atoms with E-state index in [0.717, 1.165) is 22.6 Å². The third kappa shape index (κ3) is 4.88. The van der Waals surface area contributed by atoms with Crippen LogP contribution in [0.1, 0.15) is 57.7 Å². The van der Waals surface area contributed by atoms with Crippen molar-refractivity contribution >= 4 is 11.8 Å². The van der Waals surface area contributed by atoms with Crippen molar-refractivity contribution in [3.05, 3.63) is 88.2 Å². The molecule has 0 N–H and O–H groups in total. The van der Waals surface area contributed by atoms with E-state index in [9.17, 15) is 9.59 Å². The maximum atomic E-state index is 12.8. The molecular formula is C26H29NO3. The highest BCUT2D eigenvalue weighted by Gasteiger charge is 2.19. The van der Waals surface area contributed by atoms with Gasteiger partial charge in [-0.2, -0.15) is 0 Å². The van der Waals surface area contributed by atoms with Gasteiger partial charge in [-0.25, -0.2) is 0 Å². The van der Waals surface area contributed by atoms with Gasteiger partial charge < -0.3 is 9.30 Å². The van der Waals surface area contributed by atoms with Gasteiger partial charge in [-0.3, -0.25) is 9.59 Å². The molecule has 0 radical (unpaired) electrons. The number of aryl methyl sites for hydroxylation is 3. The third-order valence-electron chi connectivity index (χ3n) is 5.40. The molecule has 4 heteroatoms. The maximum absolute atomic E-state index is 12.8. The topological polar surface area (TPSA) is 48.3 Å². The molecular weight excluding hydrogens is 374 g/mol. The minimum Gasteiger partial charge on any atom is -0.457 e. The van der Waals surface area contributed by atoms with E-state index in [1.807, 2.05) is 57.2 Å². The first-order valence-electron chi connectivity index (χ1n) is 10.3. The van der Waals surface area contributed by atoms with Crippen molar-refractivity contribution in [3.63, 3.8) is 0 Å². The van der Waals surface area contributed by atoms with Gasteiger partial charge in [0.15, 0.2) is 6.61 Å². The number of ketones is 1. The zero-order chi connectivity index (χ0) is 21.8. The first kappa shape index (κ1) is 21.6. The van der Waals surface area contributed by atoms with Crippen LogP contribution in [0.5, 0.6) is 0 Å². The van der Waals surface area contributed by atoms with Crippen LogP contribution in [0.25, 0.3) is 5.69 Å². The minimum absolute atomic E-state index is 0.0448. The lowest BCUT2D eigenvalue weighted by Gasteiger charge is -2.12. The standard InChI is InChI=1S/C26H29NO3/c1-17-11-18(2)13-23(12-17)27-20(4)15-24(21(27)5)25(28)16-30-26(29)14-19(3)22-9-7-6-8-10-22/h6-13,15,19H,14,16H2,1-5H3/t19-/m0/s1. The highest BCUT2D eigenvalue weighted by atomic mass is 16.5. The smallest absolute Gasteiger partial charge is 0.306 e. The summed E-state index contributed by atoms with van der Waals surface area (Å²) in [6.45, 7) is 9.78. The molecule has 0 unspecified atom stereocenters. The summed E-state index contributed by atoms with van der Waals surface area (Å²) < 4.78 is 7.38. The van der Waals surface area contributed by atoms with E-state index in [1.165, 1.54) is 11.1 Å². The zero-order valence-corrected chi connectivity index (χ0v) is 18.4. The molecule has 2 aromatic carbocycles. The lowest BCUT2D eigenvalue weighted by Crippen LogP contribution is -2.16. The number of nitrogens with zero attached hydrogens (tertiary/aromatic N) is 1. The number of hydrogen-bond donors (Lipinski definition) is 0. The van der Waals surface area contributed by atoms with Crippen molar-refractivity contribution < 1.29 is 14.3 Å². The predicted molar refractivity (Wildman–Crippen MR) is 119 cm³/mol. The Labute approximate surface area is 178 Å². The number of rotatable bonds is 7. The molecule has 0 saturated heterocycles. The van der Waals surface area contributed by atoms with Gasteiger partial charge in [0, 0.05) is 22.6 Å². The normalized spacial score (nSPS) is 11.9. The maximum Gasteiger partial charge on any atom is 0.306 e. The van der Waals surface area contributed by atoms with Crippen molar-refractivity contribution in [2.45, 2.75) is 47.0 Å². The van der Waals surface area contributed by atoms with Gasteiger partial charge in [0.05, 0.1) is 6.42 Å². The van der Waals surface area contributed by atoms with Crippen LogP contribution in [0.15, 0.2) is 54.6 Å². The van der Waals surface area contributed by atoms with Crippen LogP contribution in [0.2, 0.25) is 0 Å². The van der Waals surface area contributed by atoms with Crippen molar-refractivity contribution in [3.8, 4) is 5.69 Å². The van der Waals surface area contributed by atoms with Gasteiger partial charge in [-0.15, -0.1) is 0 Å². The first-order valence-corrected chi connectivity index (χ1v) is 10.3. The Balaban J connectivity index is 1.68. The van der Waals surface area contributed by atoms with Crippen molar-refractivity contribution in [2.75, 3.05) is 6.61 Å². The second-order valence-corrected chi connectivity index (χ2v) is 8.07. The Kier molecular flexibility index (Phi) is 6.56. The van der Waals surface area contributed by atoms with Crippen LogP contribution < -0.4 is 0 Å². The van der Waals surface area contributed by atoms with E-state index < -0.39 is 0 Å². The summed E-state index contributed by atoms with van der Waals surface area (Å²) in [6.07, 6.45) is 0.249. The number of carbonyl (C=O) groups is 2. The molecule has 0 aliphatic heterocycles. The number of benzene rings is 2. The van der Waals surface area contributed by atoms with Crippen molar-refractivity contribution in [1.82, 2.24) is 4.57 Å². The van der Waals surface area contributed by atoms with Gasteiger partial charge in [0.2, 0.25) is 5.78 Å². The molecule has 0 bridgehead atoms. The summed E-state index contributed by atoms with van der Waals surface area (Å²) in [5, 5.41) is 0. The number of aromatic nitrogens is 1. The second kappa shape index (κ2) is 9.12. The van der Waals surface area contributed by atoms with Gasteiger partial charge in [-0.05, 0) is 68.5 Å². The highest BCUT2D eigenvalue weighted by molar-refractivity contribution is 5.99. The third-order valence-corrected chi connectivity index (χ3v) is 5.40. The Morgan fingerprint density at radius 3 is 2.20 bits per heavy atom. The summed E-state index contributed by atoms with van der Waals surface area (Å²) >= 11 is 0. The summed E-state index contributed by atoms with van der Waals surface area (Å²) in [7, 11) is 0. The quantitative estimate of drug-likeness (QED) is 0.379. The van der Waals surface area contributed by atoms with Crippen molar-refractivity contribution in [1.29, 1.82) is 0 Å². The monoisotopic (exact) mass is 403 g/mol. The summed E-state index contributed by atoms with van der Waals surface area (Å²) in [4.78, 5) is 25.0. The Hall–Kier alpha value is -3.14. The van der Waals surface area contributed by atoms with Crippen LogP contribution in [-0.2, 0) is 9.53 Å². The molecule has 0 amide bonds. The molecule has 4 nitrogen and oxygen atoms in total. The van der Waals surface area contributed by atoms with Crippen LogP contribution in [0, 0.1) is 27.7 Å². The average Bonchev–Trinajstić information content (AvgIpc) is 3.00. The fourth-order valence-electron chi connectivity index (χ4n) is 3.95. The molecule has 0 saturated carbocycles. The number of Topliss-reactive ketones (excluding diaryl/α,β-unsaturated/α-hetero) is 1. The predicted octanol–water partition coefficient (Wildman–Crippen LogP) is 5.63. The van der Waals surface area contributed by atoms with E-state index >= 15 is 0 Å². The fourth-order valence-corrected chi connectivity index (χ4v) is 3.95. The molecule has 0 aliphatic rings. The molecule has 3 aromatic rings. The molecule has 1 heterocycles. The molecule has 0 aliphatic carbocycles. The van der Waals surface area contributed by atoms with E-state index in [0.29, 0.717) is 5.56 Å². The second-order valence-electron chi connectivity index (χ2n) is 8.07. The number of hydrogen-bond acceptors (Lipinski definition) is 3.